The topological polar surface area (TPSA) is 114 Å². The molecule has 0 radical (unpaired) electrons. The molecular weight excluding hydrogens is 448 g/mol. The van der Waals surface area contributed by atoms with Crippen LogP contribution in [0.2, 0.25) is 0 Å². The number of hydrogen-bond donors (Lipinski definition) is 3. The summed E-state index contributed by atoms with van der Waals surface area (Å²) < 4.78 is 11.1. The van der Waals surface area contributed by atoms with Crippen molar-refractivity contribution < 1.29 is 29.0 Å². The average Bonchev–Trinajstić information content (AvgIpc) is 3.47. The summed E-state index contributed by atoms with van der Waals surface area (Å²) in [6.07, 6.45) is 0.0362. The Morgan fingerprint density at radius 1 is 1.09 bits per heavy atom. The van der Waals surface area contributed by atoms with Crippen LogP contribution in [0.5, 0.6) is 0 Å². The lowest BCUT2D eigenvalue weighted by Crippen LogP contribution is -2.51. The maximum atomic E-state index is 12.9. The van der Waals surface area contributed by atoms with Gasteiger partial charge < -0.3 is 25.2 Å². The fraction of sp³-hybridized carbons (Fsp3) is 0.444. The maximum absolute atomic E-state index is 12.9. The summed E-state index contributed by atoms with van der Waals surface area (Å²) in [5.74, 6) is -1.97. The number of ether oxygens (including phenoxy) is 2. The van der Waals surface area contributed by atoms with Crippen molar-refractivity contribution in [3.63, 3.8) is 0 Å². The highest BCUT2D eigenvalue weighted by Gasteiger charge is 2.33. The highest BCUT2D eigenvalue weighted by molar-refractivity contribution is 5.86. The molecule has 3 N–H and O–H groups in total. The van der Waals surface area contributed by atoms with E-state index >= 15 is 0 Å². The summed E-state index contributed by atoms with van der Waals surface area (Å²) in [4.78, 5) is 36.7. The van der Waals surface area contributed by atoms with Crippen LogP contribution in [0.3, 0.4) is 0 Å². The molecule has 3 unspecified atom stereocenters. The van der Waals surface area contributed by atoms with Crippen molar-refractivity contribution in [1.82, 2.24) is 10.6 Å². The van der Waals surface area contributed by atoms with Gasteiger partial charge in [0.2, 0.25) is 5.91 Å². The third-order valence-corrected chi connectivity index (χ3v) is 7.05. The number of fused-ring (bicyclic) bond motifs is 3. The third kappa shape index (κ3) is 5.48. The smallest absolute Gasteiger partial charge is 0.407 e. The Kier molecular flexibility index (Phi) is 7.70. The van der Waals surface area contributed by atoms with E-state index in [0.717, 1.165) is 22.3 Å². The van der Waals surface area contributed by atoms with Crippen molar-refractivity contribution in [3.05, 3.63) is 59.7 Å². The van der Waals surface area contributed by atoms with E-state index in [2.05, 4.69) is 34.9 Å². The standard InChI is InChI=1S/C27H32N2O6/c1-3-16(2)24(25(30)28-13-18-12-17(14-34-18)26(31)32)29-27(33)35-15-23-21-10-6-4-8-19(21)20-9-5-7-11-22(20)23/h4-11,16-18,23-24H,3,12-15H2,1-2H3,(H,28,30)(H,29,33)(H,31,32)/t16?,17?,18?,24-/m0/s1. The molecule has 1 fully saturated rings. The fourth-order valence-corrected chi connectivity index (χ4v) is 4.81. The van der Waals surface area contributed by atoms with Crippen molar-refractivity contribution in [2.45, 2.75) is 44.8 Å². The lowest BCUT2D eigenvalue weighted by molar-refractivity contribution is -0.141. The third-order valence-electron chi connectivity index (χ3n) is 7.05. The van der Waals surface area contributed by atoms with Crippen molar-refractivity contribution in [1.29, 1.82) is 0 Å². The van der Waals surface area contributed by atoms with E-state index in [1.165, 1.54) is 0 Å². The minimum Gasteiger partial charge on any atom is -0.481 e. The van der Waals surface area contributed by atoms with Gasteiger partial charge in [-0.05, 0) is 34.6 Å². The van der Waals surface area contributed by atoms with Crippen LogP contribution in [0.1, 0.15) is 43.7 Å². The summed E-state index contributed by atoms with van der Waals surface area (Å²) in [7, 11) is 0. The van der Waals surface area contributed by atoms with E-state index in [4.69, 9.17) is 14.6 Å². The lowest BCUT2D eigenvalue weighted by atomic mass is 9.98. The van der Waals surface area contributed by atoms with Crippen LogP contribution in [-0.4, -0.2) is 55.0 Å². The van der Waals surface area contributed by atoms with Crippen LogP contribution in [0, 0.1) is 11.8 Å². The molecule has 2 aliphatic rings. The summed E-state index contributed by atoms with van der Waals surface area (Å²) in [6, 6.07) is 15.4. The van der Waals surface area contributed by atoms with Crippen molar-refractivity contribution in [3.8, 4) is 11.1 Å². The zero-order valence-corrected chi connectivity index (χ0v) is 20.0. The van der Waals surface area contributed by atoms with Crippen LogP contribution >= 0.6 is 0 Å². The number of rotatable bonds is 9. The Morgan fingerprint density at radius 2 is 1.71 bits per heavy atom. The Morgan fingerprint density at radius 3 is 2.29 bits per heavy atom. The molecule has 8 nitrogen and oxygen atoms in total. The van der Waals surface area contributed by atoms with Gasteiger partial charge in [0.25, 0.3) is 0 Å². The first-order valence-electron chi connectivity index (χ1n) is 12.1. The van der Waals surface area contributed by atoms with Crippen molar-refractivity contribution >= 4 is 18.0 Å². The summed E-state index contributed by atoms with van der Waals surface area (Å²) in [5, 5.41) is 14.6. The van der Waals surface area contributed by atoms with Gasteiger partial charge in [-0.1, -0.05) is 68.8 Å². The zero-order chi connectivity index (χ0) is 24.9. The Hall–Kier alpha value is -3.39. The maximum Gasteiger partial charge on any atom is 0.407 e. The van der Waals surface area contributed by atoms with Gasteiger partial charge in [0.15, 0.2) is 0 Å². The SMILES string of the molecule is CCC(C)[C@H](NC(=O)OCC1c2ccccc2-c2ccccc21)C(=O)NCC1CC(C(=O)O)CO1. The van der Waals surface area contributed by atoms with E-state index in [0.29, 0.717) is 12.8 Å². The number of nitrogens with one attached hydrogen (secondary N) is 2. The van der Waals surface area contributed by atoms with E-state index in [9.17, 15) is 14.4 Å². The van der Waals surface area contributed by atoms with E-state index in [1.54, 1.807) is 0 Å². The van der Waals surface area contributed by atoms with Gasteiger partial charge in [-0.25, -0.2) is 4.79 Å². The number of hydrogen-bond acceptors (Lipinski definition) is 5. The van der Waals surface area contributed by atoms with Crippen LogP contribution in [-0.2, 0) is 19.1 Å². The number of aliphatic carboxylic acids is 1. The van der Waals surface area contributed by atoms with Crippen LogP contribution in [0.25, 0.3) is 11.1 Å². The van der Waals surface area contributed by atoms with Crippen molar-refractivity contribution in [2.24, 2.45) is 11.8 Å². The minimum absolute atomic E-state index is 0.0641. The molecule has 1 aliphatic heterocycles. The number of amides is 2. The molecule has 0 bridgehead atoms. The van der Waals surface area contributed by atoms with Gasteiger partial charge >= 0.3 is 12.1 Å². The first-order valence-corrected chi connectivity index (χ1v) is 12.1. The van der Waals surface area contributed by atoms with E-state index < -0.39 is 24.0 Å². The molecule has 1 saturated heterocycles. The van der Waals surface area contributed by atoms with Crippen LogP contribution in [0.4, 0.5) is 4.79 Å². The molecule has 8 heteroatoms. The number of alkyl carbamates (subject to hydrolysis) is 1. The second kappa shape index (κ2) is 10.9. The van der Waals surface area contributed by atoms with Crippen LogP contribution < -0.4 is 10.6 Å². The second-order valence-corrected chi connectivity index (χ2v) is 9.30. The average molecular weight is 481 g/mol. The zero-order valence-electron chi connectivity index (χ0n) is 20.0. The predicted octanol–water partition coefficient (Wildman–Crippen LogP) is 3.55. The molecule has 1 aliphatic carbocycles. The Labute approximate surface area is 205 Å². The van der Waals surface area contributed by atoms with Crippen LogP contribution in [0.15, 0.2) is 48.5 Å². The molecule has 35 heavy (non-hydrogen) atoms. The quantitative estimate of drug-likeness (QED) is 0.506. The summed E-state index contributed by atoms with van der Waals surface area (Å²) in [6.45, 7) is 4.34. The molecule has 0 aromatic heterocycles. The fourth-order valence-electron chi connectivity index (χ4n) is 4.81. The molecule has 4 atom stereocenters. The second-order valence-electron chi connectivity index (χ2n) is 9.30. The Balaban J connectivity index is 1.34. The molecule has 0 saturated carbocycles. The molecule has 2 aromatic carbocycles. The number of carboxylic acid groups (broad SMARTS) is 1. The van der Waals surface area contributed by atoms with Gasteiger partial charge in [-0.2, -0.15) is 0 Å². The van der Waals surface area contributed by atoms with Gasteiger partial charge in [0.1, 0.15) is 12.6 Å². The highest BCUT2D eigenvalue weighted by atomic mass is 16.5. The number of benzene rings is 2. The molecule has 186 valence electrons. The molecule has 4 rings (SSSR count). The first-order chi connectivity index (χ1) is 16.9. The minimum atomic E-state index is -0.895. The molecule has 2 amide bonds. The highest BCUT2D eigenvalue weighted by Crippen LogP contribution is 2.44. The predicted molar refractivity (Wildman–Crippen MR) is 130 cm³/mol. The van der Waals surface area contributed by atoms with Gasteiger partial charge in [0.05, 0.1) is 18.6 Å². The van der Waals surface area contributed by atoms with Gasteiger partial charge in [-0.15, -0.1) is 0 Å². The molecule has 2 aromatic rings. The van der Waals surface area contributed by atoms with Gasteiger partial charge in [0, 0.05) is 12.5 Å². The van der Waals surface area contributed by atoms with Gasteiger partial charge in [-0.3, -0.25) is 9.59 Å². The lowest BCUT2D eigenvalue weighted by Gasteiger charge is -2.24. The molecular formula is C27H32N2O6. The largest absolute Gasteiger partial charge is 0.481 e. The molecule has 1 heterocycles. The normalized spacial score (nSPS) is 20.4. The molecule has 0 spiro atoms. The number of carboxylic acids is 1. The van der Waals surface area contributed by atoms with E-state index in [-0.39, 0.29) is 43.6 Å². The van der Waals surface area contributed by atoms with Crippen molar-refractivity contribution in [2.75, 3.05) is 19.8 Å². The van der Waals surface area contributed by atoms with E-state index in [1.807, 2.05) is 38.1 Å². The Bertz CT molecular complexity index is 1040. The first kappa shape index (κ1) is 24.7. The summed E-state index contributed by atoms with van der Waals surface area (Å²) >= 11 is 0. The summed E-state index contributed by atoms with van der Waals surface area (Å²) in [5.41, 5.74) is 4.53. The monoisotopic (exact) mass is 480 g/mol. The number of carbonyl (C=O) groups excluding carboxylic acids is 2. The number of carbonyl (C=O) groups is 3.